The molecule has 0 aliphatic carbocycles. The summed E-state index contributed by atoms with van der Waals surface area (Å²) in [7, 11) is 1.90. The molecule has 0 atom stereocenters. The molecule has 3 heteroatoms. The van der Waals surface area contributed by atoms with Crippen LogP contribution in [0.4, 0.5) is 0 Å². The van der Waals surface area contributed by atoms with Gasteiger partial charge in [-0.05, 0) is 50.2 Å². The van der Waals surface area contributed by atoms with Gasteiger partial charge in [0.2, 0.25) is 0 Å². The summed E-state index contributed by atoms with van der Waals surface area (Å²) in [4.78, 5) is 0. The van der Waals surface area contributed by atoms with Gasteiger partial charge in [-0.2, -0.15) is 0 Å². The van der Waals surface area contributed by atoms with E-state index in [0.29, 0.717) is 6.61 Å². The molecule has 0 bridgehead atoms. The fourth-order valence-electron chi connectivity index (χ4n) is 1.80. The maximum atomic E-state index is 5.78. The molecule has 2 aromatic rings. The topological polar surface area (TPSA) is 34.4 Å². The van der Waals surface area contributed by atoms with Crippen molar-refractivity contribution >= 4 is 0 Å². The highest BCUT2D eigenvalue weighted by Gasteiger charge is 2.05. The van der Waals surface area contributed by atoms with Gasteiger partial charge in [0.05, 0.1) is 6.54 Å². The van der Waals surface area contributed by atoms with Gasteiger partial charge < -0.3 is 14.5 Å². The fourth-order valence-corrected chi connectivity index (χ4v) is 1.80. The third kappa shape index (κ3) is 2.93. The summed E-state index contributed by atoms with van der Waals surface area (Å²) in [5.41, 5.74) is 2.42. The minimum Gasteiger partial charge on any atom is -0.485 e. The molecule has 0 aliphatic heterocycles. The molecule has 18 heavy (non-hydrogen) atoms. The van der Waals surface area contributed by atoms with Crippen LogP contribution in [-0.4, -0.2) is 7.05 Å². The van der Waals surface area contributed by atoms with E-state index in [9.17, 15) is 0 Å². The van der Waals surface area contributed by atoms with E-state index in [1.165, 1.54) is 11.1 Å². The van der Waals surface area contributed by atoms with Crippen LogP contribution in [0.5, 0.6) is 5.75 Å². The summed E-state index contributed by atoms with van der Waals surface area (Å²) < 4.78 is 11.4. The number of benzene rings is 1. The largest absolute Gasteiger partial charge is 0.485 e. The third-order valence-electron chi connectivity index (χ3n) is 2.99. The van der Waals surface area contributed by atoms with Crippen LogP contribution >= 0.6 is 0 Å². The lowest BCUT2D eigenvalue weighted by Crippen LogP contribution is -2.03. The summed E-state index contributed by atoms with van der Waals surface area (Å²) in [6, 6.07) is 10.0. The Morgan fingerprint density at radius 2 is 1.89 bits per heavy atom. The van der Waals surface area contributed by atoms with Gasteiger partial charge in [0.25, 0.3) is 0 Å². The molecular formula is C15H19NO2. The molecule has 0 unspecified atom stereocenters. The molecule has 0 saturated carbocycles. The second kappa shape index (κ2) is 5.74. The third-order valence-corrected chi connectivity index (χ3v) is 2.99. The SMILES string of the molecule is CNCc1ccc(COc2cccc(C)c2C)o1. The van der Waals surface area contributed by atoms with Gasteiger partial charge in [0, 0.05) is 0 Å². The molecule has 2 rings (SSSR count). The first-order chi connectivity index (χ1) is 8.70. The molecule has 0 amide bonds. The Morgan fingerprint density at radius 1 is 1.11 bits per heavy atom. The van der Waals surface area contributed by atoms with Gasteiger partial charge in [0.1, 0.15) is 23.9 Å². The van der Waals surface area contributed by atoms with E-state index in [-0.39, 0.29) is 0 Å². The Hall–Kier alpha value is -1.74. The van der Waals surface area contributed by atoms with Crippen molar-refractivity contribution in [2.75, 3.05) is 7.05 Å². The van der Waals surface area contributed by atoms with E-state index < -0.39 is 0 Å². The average molecular weight is 245 g/mol. The standard InChI is InChI=1S/C15H19NO2/c1-11-5-4-6-15(12(11)2)17-10-14-8-7-13(18-14)9-16-3/h4-8,16H,9-10H2,1-3H3. The van der Waals surface area contributed by atoms with Crippen molar-refractivity contribution in [1.29, 1.82) is 0 Å². The molecule has 1 heterocycles. The molecule has 1 aromatic carbocycles. The fraction of sp³-hybridized carbons (Fsp3) is 0.333. The molecule has 1 aromatic heterocycles. The number of nitrogens with one attached hydrogen (secondary N) is 1. The molecule has 96 valence electrons. The molecule has 0 aliphatic rings. The quantitative estimate of drug-likeness (QED) is 0.878. The van der Waals surface area contributed by atoms with Crippen molar-refractivity contribution in [2.45, 2.75) is 27.0 Å². The van der Waals surface area contributed by atoms with E-state index in [1.807, 2.05) is 31.3 Å². The molecule has 3 nitrogen and oxygen atoms in total. The Kier molecular flexibility index (Phi) is 4.05. The van der Waals surface area contributed by atoms with E-state index >= 15 is 0 Å². The second-order valence-electron chi connectivity index (χ2n) is 4.39. The Morgan fingerprint density at radius 3 is 2.67 bits per heavy atom. The van der Waals surface area contributed by atoms with Crippen LogP contribution < -0.4 is 10.1 Å². The van der Waals surface area contributed by atoms with Crippen LogP contribution in [0.15, 0.2) is 34.7 Å². The lowest BCUT2D eigenvalue weighted by molar-refractivity contribution is 0.263. The van der Waals surface area contributed by atoms with Gasteiger partial charge in [-0.1, -0.05) is 12.1 Å². The zero-order valence-corrected chi connectivity index (χ0v) is 11.1. The summed E-state index contributed by atoms with van der Waals surface area (Å²) in [6.45, 7) is 5.36. The van der Waals surface area contributed by atoms with E-state index in [4.69, 9.17) is 9.15 Å². The van der Waals surface area contributed by atoms with Crippen LogP contribution in [-0.2, 0) is 13.2 Å². The van der Waals surface area contributed by atoms with E-state index in [0.717, 1.165) is 23.8 Å². The molecule has 0 spiro atoms. The lowest BCUT2D eigenvalue weighted by Gasteiger charge is -2.09. The molecule has 1 N–H and O–H groups in total. The number of hydrogen-bond acceptors (Lipinski definition) is 3. The van der Waals surface area contributed by atoms with Crippen molar-refractivity contribution in [3.63, 3.8) is 0 Å². The van der Waals surface area contributed by atoms with Crippen molar-refractivity contribution < 1.29 is 9.15 Å². The smallest absolute Gasteiger partial charge is 0.146 e. The average Bonchev–Trinajstić information content (AvgIpc) is 2.79. The van der Waals surface area contributed by atoms with Gasteiger partial charge in [0.15, 0.2) is 0 Å². The number of ether oxygens (including phenoxy) is 1. The van der Waals surface area contributed by atoms with Crippen LogP contribution in [0.3, 0.4) is 0 Å². The van der Waals surface area contributed by atoms with Gasteiger partial charge in [-0.3, -0.25) is 0 Å². The maximum Gasteiger partial charge on any atom is 0.146 e. The van der Waals surface area contributed by atoms with Crippen molar-refractivity contribution in [3.8, 4) is 5.75 Å². The summed E-state index contributed by atoms with van der Waals surface area (Å²) in [5, 5.41) is 3.05. The summed E-state index contributed by atoms with van der Waals surface area (Å²) >= 11 is 0. The molecular weight excluding hydrogens is 226 g/mol. The maximum absolute atomic E-state index is 5.78. The number of furan rings is 1. The predicted molar refractivity (Wildman–Crippen MR) is 71.7 cm³/mol. The van der Waals surface area contributed by atoms with Gasteiger partial charge >= 0.3 is 0 Å². The van der Waals surface area contributed by atoms with Crippen LogP contribution in [0, 0.1) is 13.8 Å². The number of hydrogen-bond donors (Lipinski definition) is 1. The van der Waals surface area contributed by atoms with Crippen LogP contribution in [0.1, 0.15) is 22.6 Å². The normalized spacial score (nSPS) is 10.6. The zero-order chi connectivity index (χ0) is 13.0. The molecule has 0 fully saturated rings. The highest BCUT2D eigenvalue weighted by atomic mass is 16.5. The lowest BCUT2D eigenvalue weighted by atomic mass is 10.1. The Labute approximate surface area is 108 Å². The first-order valence-corrected chi connectivity index (χ1v) is 6.12. The minimum absolute atomic E-state index is 0.466. The van der Waals surface area contributed by atoms with Crippen molar-refractivity contribution in [1.82, 2.24) is 5.32 Å². The van der Waals surface area contributed by atoms with E-state index in [1.54, 1.807) is 0 Å². The summed E-state index contributed by atoms with van der Waals surface area (Å²) in [5.74, 6) is 2.69. The second-order valence-corrected chi connectivity index (χ2v) is 4.39. The predicted octanol–water partition coefficient (Wildman–Crippen LogP) is 3.19. The first-order valence-electron chi connectivity index (χ1n) is 6.12. The van der Waals surface area contributed by atoms with Crippen molar-refractivity contribution in [3.05, 3.63) is 53.0 Å². The Bertz CT molecular complexity index is 517. The van der Waals surface area contributed by atoms with Gasteiger partial charge in [-0.15, -0.1) is 0 Å². The highest BCUT2D eigenvalue weighted by molar-refractivity contribution is 5.38. The van der Waals surface area contributed by atoms with Crippen LogP contribution in [0.25, 0.3) is 0 Å². The monoisotopic (exact) mass is 245 g/mol. The van der Waals surface area contributed by atoms with Crippen molar-refractivity contribution in [2.24, 2.45) is 0 Å². The molecule has 0 saturated heterocycles. The number of rotatable bonds is 5. The Balaban J connectivity index is 2.00. The van der Waals surface area contributed by atoms with E-state index in [2.05, 4.69) is 25.2 Å². The van der Waals surface area contributed by atoms with Gasteiger partial charge in [-0.25, -0.2) is 0 Å². The number of aryl methyl sites for hydroxylation is 1. The molecule has 0 radical (unpaired) electrons. The summed E-state index contributed by atoms with van der Waals surface area (Å²) in [6.07, 6.45) is 0. The first kappa shape index (κ1) is 12.7. The zero-order valence-electron chi connectivity index (χ0n) is 11.1. The van der Waals surface area contributed by atoms with Crippen LogP contribution in [0.2, 0.25) is 0 Å². The highest BCUT2D eigenvalue weighted by Crippen LogP contribution is 2.22. The minimum atomic E-state index is 0.466.